The van der Waals surface area contributed by atoms with E-state index in [1.165, 1.54) is 18.4 Å². The summed E-state index contributed by atoms with van der Waals surface area (Å²) in [5, 5.41) is 8.47. The molecule has 0 radical (unpaired) electrons. The van der Waals surface area contributed by atoms with Gasteiger partial charge in [0.05, 0.1) is 11.0 Å². The maximum Gasteiger partial charge on any atom is 0.244 e. The molecule has 0 N–H and O–H groups in total. The van der Waals surface area contributed by atoms with Crippen LogP contribution in [0.25, 0.3) is 0 Å². The van der Waals surface area contributed by atoms with Crippen LogP contribution in [0.1, 0.15) is 9.75 Å². The highest BCUT2D eigenvalue weighted by molar-refractivity contribution is 7.89. The Labute approximate surface area is 93.8 Å². The lowest BCUT2D eigenvalue weighted by atomic mass is 10.4. The molecular weight excluding hydrogens is 232 g/mol. The van der Waals surface area contributed by atoms with Crippen molar-refractivity contribution in [2.75, 3.05) is 13.6 Å². The highest BCUT2D eigenvalue weighted by Gasteiger charge is 2.23. The number of thiophene rings is 1. The van der Waals surface area contributed by atoms with Gasteiger partial charge in [-0.25, -0.2) is 8.42 Å². The number of sulfonamides is 1. The zero-order valence-electron chi connectivity index (χ0n) is 8.81. The Kier molecular flexibility index (Phi) is 3.50. The highest BCUT2D eigenvalue weighted by atomic mass is 32.2. The van der Waals surface area contributed by atoms with Gasteiger partial charge in [0.15, 0.2) is 0 Å². The second kappa shape index (κ2) is 4.31. The molecule has 1 heterocycles. The molecule has 1 rings (SSSR count). The van der Waals surface area contributed by atoms with Crippen LogP contribution in [0.5, 0.6) is 0 Å². The largest absolute Gasteiger partial charge is 0.244 e. The fourth-order valence-corrected chi connectivity index (χ4v) is 3.80. The SMILES string of the molecule is Cc1cc(S(=O)(=O)N(C)CC#N)c(C)s1. The smallest absolute Gasteiger partial charge is 0.207 e. The van der Waals surface area contributed by atoms with Crippen molar-refractivity contribution in [3.8, 4) is 6.07 Å². The van der Waals surface area contributed by atoms with Crippen LogP contribution < -0.4 is 0 Å². The summed E-state index contributed by atoms with van der Waals surface area (Å²) in [6.07, 6.45) is 0. The number of nitriles is 1. The Balaban J connectivity index is 3.18. The van der Waals surface area contributed by atoms with Crippen LogP contribution in [0, 0.1) is 25.2 Å². The normalized spacial score (nSPS) is 11.7. The fourth-order valence-electron chi connectivity index (χ4n) is 1.22. The fraction of sp³-hybridized carbons (Fsp3) is 0.444. The van der Waals surface area contributed by atoms with Crippen molar-refractivity contribution in [1.29, 1.82) is 5.26 Å². The Morgan fingerprint density at radius 1 is 1.53 bits per heavy atom. The summed E-state index contributed by atoms with van der Waals surface area (Å²) < 4.78 is 24.9. The van der Waals surface area contributed by atoms with Crippen LogP contribution >= 0.6 is 11.3 Å². The summed E-state index contributed by atoms with van der Waals surface area (Å²) in [4.78, 5) is 2.02. The number of rotatable bonds is 3. The van der Waals surface area contributed by atoms with Crippen LogP contribution in [-0.2, 0) is 10.0 Å². The molecule has 0 amide bonds. The molecule has 0 unspecified atom stereocenters. The zero-order valence-corrected chi connectivity index (χ0v) is 10.4. The maximum absolute atomic E-state index is 11.9. The van der Waals surface area contributed by atoms with E-state index in [1.54, 1.807) is 13.0 Å². The lowest BCUT2D eigenvalue weighted by molar-refractivity contribution is 0.501. The third-order valence-corrected chi connectivity index (χ3v) is 5.00. The van der Waals surface area contributed by atoms with Gasteiger partial charge in [0.1, 0.15) is 6.54 Å². The van der Waals surface area contributed by atoms with Gasteiger partial charge in [-0.3, -0.25) is 0 Å². The van der Waals surface area contributed by atoms with E-state index in [-0.39, 0.29) is 6.54 Å². The molecule has 15 heavy (non-hydrogen) atoms. The number of aryl methyl sites for hydroxylation is 2. The molecule has 6 heteroatoms. The minimum absolute atomic E-state index is 0.128. The van der Waals surface area contributed by atoms with Gasteiger partial charge in [0.25, 0.3) is 0 Å². The predicted octanol–water partition coefficient (Wildman–Crippen LogP) is 1.51. The van der Waals surface area contributed by atoms with Crippen molar-refractivity contribution in [2.24, 2.45) is 0 Å². The molecule has 0 aliphatic heterocycles. The molecule has 0 aromatic carbocycles. The van der Waals surface area contributed by atoms with Crippen LogP contribution in [0.15, 0.2) is 11.0 Å². The first-order chi connectivity index (χ1) is 6.89. The Morgan fingerprint density at radius 2 is 2.13 bits per heavy atom. The summed E-state index contributed by atoms with van der Waals surface area (Å²) in [6, 6.07) is 3.46. The molecule has 0 bridgehead atoms. The molecule has 0 saturated carbocycles. The van der Waals surface area contributed by atoms with Crippen molar-refractivity contribution < 1.29 is 8.42 Å². The van der Waals surface area contributed by atoms with Crippen LogP contribution in [0.4, 0.5) is 0 Å². The third kappa shape index (κ3) is 2.37. The number of nitrogens with zero attached hydrogens (tertiary/aromatic N) is 2. The standard InChI is InChI=1S/C9H12N2O2S2/c1-7-6-9(8(2)14-7)15(12,13)11(3)5-4-10/h6H,5H2,1-3H3. The van der Waals surface area contributed by atoms with Gasteiger partial charge in [0, 0.05) is 16.8 Å². The van der Waals surface area contributed by atoms with Crippen molar-refractivity contribution >= 4 is 21.4 Å². The Bertz CT molecular complexity index is 497. The van der Waals surface area contributed by atoms with Crippen LogP contribution in [0.2, 0.25) is 0 Å². The van der Waals surface area contributed by atoms with Gasteiger partial charge in [-0.1, -0.05) is 0 Å². The quantitative estimate of drug-likeness (QED) is 0.757. The van der Waals surface area contributed by atoms with E-state index in [2.05, 4.69) is 0 Å². The van der Waals surface area contributed by atoms with Gasteiger partial charge in [-0.05, 0) is 19.9 Å². The first kappa shape index (κ1) is 12.2. The van der Waals surface area contributed by atoms with Gasteiger partial charge >= 0.3 is 0 Å². The average Bonchev–Trinajstić information content (AvgIpc) is 2.46. The third-order valence-electron chi connectivity index (χ3n) is 1.98. The molecule has 82 valence electrons. The van der Waals surface area contributed by atoms with E-state index in [0.717, 1.165) is 14.1 Å². The molecule has 0 aliphatic rings. The summed E-state index contributed by atoms with van der Waals surface area (Å²) >= 11 is 1.44. The summed E-state index contributed by atoms with van der Waals surface area (Å²) in [7, 11) is -2.08. The van der Waals surface area contributed by atoms with E-state index < -0.39 is 10.0 Å². The van der Waals surface area contributed by atoms with Crippen molar-refractivity contribution in [3.63, 3.8) is 0 Å². The second-order valence-electron chi connectivity index (χ2n) is 3.20. The zero-order chi connectivity index (χ0) is 11.6. The summed E-state index contributed by atoms with van der Waals surface area (Å²) in [6.45, 7) is 3.50. The molecule has 0 aliphatic carbocycles. The maximum atomic E-state index is 11.9. The minimum Gasteiger partial charge on any atom is -0.207 e. The van der Waals surface area contributed by atoms with Crippen LogP contribution in [-0.4, -0.2) is 26.3 Å². The van der Waals surface area contributed by atoms with Gasteiger partial charge in [-0.15, -0.1) is 11.3 Å². The van der Waals surface area contributed by atoms with Gasteiger partial charge < -0.3 is 0 Å². The summed E-state index contributed by atoms with van der Waals surface area (Å²) in [5.74, 6) is 0. The lowest BCUT2D eigenvalue weighted by Crippen LogP contribution is -2.27. The monoisotopic (exact) mass is 244 g/mol. The lowest BCUT2D eigenvalue weighted by Gasteiger charge is -2.12. The summed E-state index contributed by atoms with van der Waals surface area (Å²) in [5.41, 5.74) is 0. The molecule has 0 saturated heterocycles. The highest BCUT2D eigenvalue weighted by Crippen LogP contribution is 2.26. The van der Waals surface area contributed by atoms with Crippen molar-refractivity contribution in [1.82, 2.24) is 4.31 Å². The van der Waals surface area contributed by atoms with Crippen molar-refractivity contribution in [2.45, 2.75) is 18.7 Å². The van der Waals surface area contributed by atoms with E-state index >= 15 is 0 Å². The minimum atomic E-state index is -3.49. The molecule has 1 aromatic rings. The topological polar surface area (TPSA) is 61.2 Å². The molecular formula is C9H12N2O2S2. The van der Waals surface area contributed by atoms with Crippen molar-refractivity contribution in [3.05, 3.63) is 15.8 Å². The second-order valence-corrected chi connectivity index (χ2v) is 6.67. The van der Waals surface area contributed by atoms with Gasteiger partial charge in [-0.2, -0.15) is 9.57 Å². The first-order valence-electron chi connectivity index (χ1n) is 4.30. The predicted molar refractivity (Wildman–Crippen MR) is 59.2 cm³/mol. The van der Waals surface area contributed by atoms with Crippen LogP contribution in [0.3, 0.4) is 0 Å². The molecule has 1 aromatic heterocycles. The first-order valence-corrected chi connectivity index (χ1v) is 6.55. The molecule has 0 atom stereocenters. The number of hydrogen-bond acceptors (Lipinski definition) is 4. The molecule has 0 spiro atoms. The molecule has 0 fully saturated rings. The Hall–Kier alpha value is -0.900. The van der Waals surface area contributed by atoms with Gasteiger partial charge in [0.2, 0.25) is 10.0 Å². The van der Waals surface area contributed by atoms with E-state index in [1.807, 2.05) is 13.0 Å². The Morgan fingerprint density at radius 3 is 2.53 bits per heavy atom. The average molecular weight is 244 g/mol. The number of hydrogen-bond donors (Lipinski definition) is 0. The van der Waals surface area contributed by atoms with E-state index in [0.29, 0.717) is 4.90 Å². The van der Waals surface area contributed by atoms with E-state index in [9.17, 15) is 8.42 Å². The molecule has 4 nitrogen and oxygen atoms in total. The van der Waals surface area contributed by atoms with E-state index in [4.69, 9.17) is 5.26 Å².